The molecule has 2 rings (SSSR count). The van der Waals surface area contributed by atoms with E-state index in [2.05, 4.69) is 57.3 Å². The van der Waals surface area contributed by atoms with Crippen LogP contribution in [0.15, 0.2) is 52.0 Å². The highest BCUT2D eigenvalue weighted by atomic mass is 79.9. The Kier molecular flexibility index (Phi) is 7.66. The van der Waals surface area contributed by atoms with Crippen molar-refractivity contribution in [3.8, 4) is 5.75 Å². The maximum atomic E-state index is 12.4. The molecule has 0 unspecified atom stereocenters. The Morgan fingerprint density at radius 2 is 1.85 bits per heavy atom. The van der Waals surface area contributed by atoms with Crippen LogP contribution in [0.2, 0.25) is 0 Å². The monoisotopic (exact) mass is 417 g/mol. The van der Waals surface area contributed by atoms with Crippen LogP contribution < -0.4 is 15.1 Å². The van der Waals surface area contributed by atoms with Crippen molar-refractivity contribution in [2.45, 2.75) is 20.8 Å². The lowest BCUT2D eigenvalue weighted by Gasteiger charge is -2.20. The number of hydrazone groups is 1. The Morgan fingerprint density at radius 1 is 1.15 bits per heavy atom. The van der Waals surface area contributed by atoms with Crippen molar-refractivity contribution in [1.82, 2.24) is 5.43 Å². The highest BCUT2D eigenvalue weighted by Crippen LogP contribution is 2.23. The molecule has 0 aliphatic rings. The number of hydrogen-bond donors (Lipinski definition) is 1. The fraction of sp³-hybridized carbons (Fsp3) is 0.300. The van der Waals surface area contributed by atoms with Gasteiger partial charge in [0.05, 0.1) is 18.4 Å². The predicted molar refractivity (Wildman–Crippen MR) is 110 cm³/mol. The fourth-order valence-electron chi connectivity index (χ4n) is 2.55. The van der Waals surface area contributed by atoms with Crippen LogP contribution in [0, 0.1) is 0 Å². The summed E-state index contributed by atoms with van der Waals surface area (Å²) in [5.41, 5.74) is 5.08. The Bertz CT molecular complexity index is 756. The largest absolute Gasteiger partial charge is 0.493 e. The van der Waals surface area contributed by atoms with E-state index >= 15 is 0 Å². The van der Waals surface area contributed by atoms with Gasteiger partial charge in [0.25, 0.3) is 5.91 Å². The molecule has 0 radical (unpaired) electrons. The normalized spacial score (nSPS) is 10.8. The maximum absolute atomic E-state index is 12.4. The van der Waals surface area contributed by atoms with Gasteiger partial charge < -0.3 is 9.64 Å². The third-order valence-corrected chi connectivity index (χ3v) is 4.38. The van der Waals surface area contributed by atoms with Crippen molar-refractivity contribution in [3.63, 3.8) is 0 Å². The zero-order chi connectivity index (χ0) is 18.9. The van der Waals surface area contributed by atoms with Gasteiger partial charge in [0.1, 0.15) is 5.75 Å². The van der Waals surface area contributed by atoms with Gasteiger partial charge in [-0.3, -0.25) is 4.79 Å². The van der Waals surface area contributed by atoms with Gasteiger partial charge in [0.2, 0.25) is 0 Å². The number of carbonyl (C=O) groups is 1. The molecule has 5 nitrogen and oxygen atoms in total. The molecule has 1 amide bonds. The van der Waals surface area contributed by atoms with Gasteiger partial charge in [-0.2, -0.15) is 5.10 Å². The highest BCUT2D eigenvalue weighted by Gasteiger charge is 2.12. The summed E-state index contributed by atoms with van der Waals surface area (Å²) in [6, 6.07) is 13.4. The standard InChI is InChI=1S/C20H24BrN3O2/c1-4-24(5-2)17-10-7-15(8-11-17)14-22-23-20(25)18-13-16(21)9-12-19(18)26-6-3/h7-14H,4-6H2,1-3H3,(H,23,25). The van der Waals surface area contributed by atoms with Crippen molar-refractivity contribution in [2.24, 2.45) is 5.10 Å². The minimum Gasteiger partial charge on any atom is -0.493 e. The van der Waals surface area contributed by atoms with E-state index in [9.17, 15) is 4.79 Å². The first kappa shape index (κ1) is 20.0. The number of ether oxygens (including phenoxy) is 1. The van der Waals surface area contributed by atoms with Gasteiger partial charge in [-0.25, -0.2) is 5.43 Å². The number of nitrogens with zero attached hydrogens (tertiary/aromatic N) is 2. The van der Waals surface area contributed by atoms with Crippen molar-refractivity contribution in [3.05, 3.63) is 58.1 Å². The molecule has 0 spiro atoms. The molecule has 0 atom stereocenters. The minimum atomic E-state index is -0.314. The molecule has 138 valence electrons. The molecule has 0 aliphatic carbocycles. The van der Waals surface area contributed by atoms with Crippen molar-refractivity contribution in [1.29, 1.82) is 0 Å². The summed E-state index contributed by atoms with van der Waals surface area (Å²) in [5.74, 6) is 0.220. The smallest absolute Gasteiger partial charge is 0.275 e. The summed E-state index contributed by atoms with van der Waals surface area (Å²) < 4.78 is 6.30. The second kappa shape index (κ2) is 9.97. The minimum absolute atomic E-state index is 0.314. The van der Waals surface area contributed by atoms with E-state index in [1.54, 1.807) is 18.3 Å². The number of hydrogen-bond acceptors (Lipinski definition) is 4. The zero-order valence-corrected chi connectivity index (χ0v) is 16.9. The van der Waals surface area contributed by atoms with E-state index in [0.717, 1.165) is 23.1 Å². The van der Waals surface area contributed by atoms with Gasteiger partial charge in [0, 0.05) is 23.2 Å². The lowest BCUT2D eigenvalue weighted by atomic mass is 10.2. The maximum Gasteiger partial charge on any atom is 0.275 e. The number of halogens is 1. The fourth-order valence-corrected chi connectivity index (χ4v) is 2.91. The van der Waals surface area contributed by atoms with Crippen molar-refractivity contribution >= 4 is 33.7 Å². The molecule has 0 saturated heterocycles. The topological polar surface area (TPSA) is 53.9 Å². The first-order chi connectivity index (χ1) is 12.6. The van der Waals surface area contributed by atoms with Crippen LogP contribution in [0.25, 0.3) is 0 Å². The number of rotatable bonds is 8. The first-order valence-corrected chi connectivity index (χ1v) is 9.49. The van der Waals surface area contributed by atoms with Crippen LogP contribution >= 0.6 is 15.9 Å². The summed E-state index contributed by atoms with van der Waals surface area (Å²) in [5, 5.41) is 4.05. The lowest BCUT2D eigenvalue weighted by molar-refractivity contribution is 0.0951. The van der Waals surface area contributed by atoms with E-state index in [1.165, 1.54) is 5.69 Å². The molecular weight excluding hydrogens is 394 g/mol. The highest BCUT2D eigenvalue weighted by molar-refractivity contribution is 9.10. The third-order valence-electron chi connectivity index (χ3n) is 3.89. The van der Waals surface area contributed by atoms with Crippen LogP contribution in [0.3, 0.4) is 0 Å². The third kappa shape index (κ3) is 5.33. The molecule has 0 aliphatic heterocycles. The number of amides is 1. The van der Waals surface area contributed by atoms with Crippen LogP contribution in [0.1, 0.15) is 36.7 Å². The number of nitrogens with one attached hydrogen (secondary N) is 1. The molecule has 0 fully saturated rings. The molecule has 0 aromatic heterocycles. The van der Waals surface area contributed by atoms with Crippen LogP contribution in [-0.4, -0.2) is 31.8 Å². The Balaban J connectivity index is 2.04. The summed E-state index contributed by atoms with van der Waals surface area (Å²) in [6.45, 7) is 8.57. The molecule has 0 bridgehead atoms. The molecule has 2 aromatic carbocycles. The van der Waals surface area contributed by atoms with Crippen LogP contribution in [0.5, 0.6) is 5.75 Å². The van der Waals surface area contributed by atoms with E-state index in [4.69, 9.17) is 4.74 Å². The Morgan fingerprint density at radius 3 is 2.46 bits per heavy atom. The first-order valence-electron chi connectivity index (χ1n) is 8.69. The van der Waals surface area contributed by atoms with Gasteiger partial charge in [0.15, 0.2) is 0 Å². The molecule has 0 heterocycles. The number of benzene rings is 2. The van der Waals surface area contributed by atoms with E-state index < -0.39 is 0 Å². The van der Waals surface area contributed by atoms with Gasteiger partial charge in [-0.15, -0.1) is 0 Å². The van der Waals surface area contributed by atoms with E-state index in [1.807, 2.05) is 25.1 Å². The zero-order valence-electron chi connectivity index (χ0n) is 15.3. The second-order valence-corrected chi connectivity index (χ2v) is 6.45. The summed E-state index contributed by atoms with van der Waals surface area (Å²) in [4.78, 5) is 14.6. The summed E-state index contributed by atoms with van der Waals surface area (Å²) in [6.07, 6.45) is 1.63. The predicted octanol–water partition coefficient (Wildman–Crippen LogP) is 4.46. The summed E-state index contributed by atoms with van der Waals surface area (Å²) >= 11 is 3.37. The summed E-state index contributed by atoms with van der Waals surface area (Å²) in [7, 11) is 0. The molecule has 26 heavy (non-hydrogen) atoms. The molecule has 2 aromatic rings. The average Bonchev–Trinajstić information content (AvgIpc) is 2.65. The van der Waals surface area contributed by atoms with Crippen LogP contribution in [-0.2, 0) is 0 Å². The second-order valence-electron chi connectivity index (χ2n) is 5.54. The van der Waals surface area contributed by atoms with E-state index in [-0.39, 0.29) is 5.91 Å². The van der Waals surface area contributed by atoms with Crippen molar-refractivity contribution < 1.29 is 9.53 Å². The van der Waals surface area contributed by atoms with Crippen molar-refractivity contribution in [2.75, 3.05) is 24.6 Å². The van der Waals surface area contributed by atoms with Gasteiger partial charge in [-0.05, 0) is 56.7 Å². The SMILES string of the molecule is CCOc1ccc(Br)cc1C(=O)NN=Cc1ccc(N(CC)CC)cc1. The van der Waals surface area contributed by atoms with E-state index in [0.29, 0.717) is 17.9 Å². The van der Waals surface area contributed by atoms with Gasteiger partial charge >= 0.3 is 0 Å². The lowest BCUT2D eigenvalue weighted by Crippen LogP contribution is -2.21. The molecule has 0 saturated carbocycles. The van der Waals surface area contributed by atoms with Gasteiger partial charge in [-0.1, -0.05) is 28.1 Å². The quantitative estimate of drug-likeness (QED) is 0.509. The molecular formula is C20H24BrN3O2. The molecule has 6 heteroatoms. The Hall–Kier alpha value is -2.34. The average molecular weight is 418 g/mol. The van der Waals surface area contributed by atoms with Crippen LogP contribution in [0.4, 0.5) is 5.69 Å². The Labute approximate surface area is 163 Å². The number of carbonyl (C=O) groups excluding carboxylic acids is 1. The number of anilines is 1. The molecule has 1 N–H and O–H groups in total.